The smallest absolute Gasteiger partial charge is 0.465 e. The summed E-state index contributed by atoms with van der Waals surface area (Å²) in [5, 5.41) is 14.0. The second kappa shape index (κ2) is 18.2. The molecule has 0 amide bonds. The van der Waals surface area contributed by atoms with Crippen LogP contribution in [0.15, 0.2) is 73.1 Å². The van der Waals surface area contributed by atoms with E-state index in [0.29, 0.717) is 34.9 Å². The van der Waals surface area contributed by atoms with E-state index in [1.165, 1.54) is 6.92 Å². The Balaban J connectivity index is 1.24. The van der Waals surface area contributed by atoms with Crippen molar-refractivity contribution in [3.05, 3.63) is 89.5 Å². The molecule has 0 spiro atoms. The minimum absolute atomic E-state index is 0.00257. The fourth-order valence-corrected chi connectivity index (χ4v) is 9.38. The lowest BCUT2D eigenvalue weighted by molar-refractivity contribution is -0.220. The molecular weight excluding hydrogens is 807 g/mol. The number of nitrogens with two attached hydrogens (primary N) is 1. The van der Waals surface area contributed by atoms with Gasteiger partial charge in [0.05, 0.1) is 12.9 Å². The number of fused-ring (bicyclic) bond motifs is 2. The molecule has 3 aromatic carbocycles. The Hall–Kier alpha value is -4.06. The number of ether oxygens (including phenoxy) is 2. The fourth-order valence-electron chi connectivity index (χ4n) is 6.22. The summed E-state index contributed by atoms with van der Waals surface area (Å²) in [6.07, 6.45) is -5.62. The van der Waals surface area contributed by atoms with E-state index >= 15 is 4.39 Å². The zero-order chi connectivity index (χ0) is 40.9. The van der Waals surface area contributed by atoms with Crippen LogP contribution in [-0.2, 0) is 45.3 Å². The predicted molar refractivity (Wildman–Crippen MR) is 207 cm³/mol. The number of esters is 1. The van der Waals surface area contributed by atoms with Gasteiger partial charge in [-0.15, -0.1) is 0 Å². The first-order chi connectivity index (χ1) is 27.2. The highest BCUT2D eigenvalue weighted by molar-refractivity contribution is 7.63. The number of aliphatic hydroxyl groups excluding tert-OH is 1. The number of alkyl halides is 1. The topological polar surface area (TPSA) is 226 Å². The summed E-state index contributed by atoms with van der Waals surface area (Å²) in [7, 11) is -10.8. The summed E-state index contributed by atoms with van der Waals surface area (Å²) in [6.45, 7) is 6.34. The first-order valence-corrected chi connectivity index (χ1v) is 21.4. The number of rotatable bonds is 18. The van der Waals surface area contributed by atoms with E-state index in [4.69, 9.17) is 40.2 Å². The molecule has 1 fully saturated rings. The summed E-state index contributed by atoms with van der Waals surface area (Å²) in [6, 6.07) is 18.0. The van der Waals surface area contributed by atoms with Crippen molar-refractivity contribution < 1.29 is 51.1 Å². The van der Waals surface area contributed by atoms with Crippen LogP contribution in [0.25, 0.3) is 21.9 Å². The molecule has 21 heteroatoms. The quantitative estimate of drug-likeness (QED) is 0.0592. The van der Waals surface area contributed by atoms with Crippen molar-refractivity contribution in [3.63, 3.8) is 0 Å². The standard InChI is InChI=1S/C36H43ClFN7O10P2/c1-4-44(5-2)18-17-25-16-15-24-13-9-10-14-26(24)31(25)54-56(48,43-22(3)35(47)51-19-23-11-7-6-8-12-23)55-57(49,50)52-20-27-30(46)28(38)34(53-27)45-21-40-29-32(39)41-36(37)42-33(29)45/h6-16,21-22,27-28,30,34,46H,4-5,17-20H2,1-3H3,(H,43,48)(H,49,50)(H2,39,41,42)/p-1/t22-,27+,28?,30?,34+,56?/m0/s1. The molecule has 0 radical (unpaired) electrons. The summed E-state index contributed by atoms with van der Waals surface area (Å²) in [4.78, 5) is 40.7. The van der Waals surface area contributed by atoms with Gasteiger partial charge in [0.1, 0.15) is 36.1 Å². The van der Waals surface area contributed by atoms with Gasteiger partial charge in [0.2, 0.25) is 5.28 Å². The minimum Gasteiger partial charge on any atom is -0.756 e. The first kappa shape index (κ1) is 42.5. The number of carbonyl (C=O) groups is 1. The van der Waals surface area contributed by atoms with Gasteiger partial charge in [-0.25, -0.2) is 18.3 Å². The van der Waals surface area contributed by atoms with E-state index in [2.05, 4.69) is 24.9 Å². The maximum atomic E-state index is 15.5. The molecule has 4 N–H and O–H groups in total. The molecule has 5 aromatic rings. The third kappa shape index (κ3) is 10.2. The molecule has 4 unspecified atom stereocenters. The van der Waals surface area contributed by atoms with Gasteiger partial charge in [0, 0.05) is 11.9 Å². The van der Waals surface area contributed by atoms with Crippen molar-refractivity contribution in [2.75, 3.05) is 32.0 Å². The number of aromatic nitrogens is 4. The Morgan fingerprint density at radius 3 is 2.58 bits per heavy atom. The summed E-state index contributed by atoms with van der Waals surface area (Å²) in [5.41, 5.74) is 7.19. The average molecular weight is 849 g/mol. The second-order valence-corrected chi connectivity index (χ2v) is 16.7. The maximum absolute atomic E-state index is 15.5. The summed E-state index contributed by atoms with van der Waals surface area (Å²) >= 11 is 5.93. The van der Waals surface area contributed by atoms with E-state index in [0.717, 1.165) is 24.0 Å². The number of nitrogen functional groups attached to an aromatic ring is 1. The van der Waals surface area contributed by atoms with Crippen molar-refractivity contribution in [2.24, 2.45) is 0 Å². The fraction of sp³-hybridized carbons (Fsp3) is 0.389. The monoisotopic (exact) mass is 848 g/mol. The van der Waals surface area contributed by atoms with Crippen molar-refractivity contribution in [3.8, 4) is 5.75 Å². The summed E-state index contributed by atoms with van der Waals surface area (Å²) < 4.78 is 72.2. The number of anilines is 1. The molecule has 17 nitrogen and oxygen atoms in total. The number of likely N-dealkylation sites (N-methyl/N-ethyl adjacent to an activating group) is 1. The molecule has 0 saturated carbocycles. The van der Waals surface area contributed by atoms with Crippen LogP contribution in [0.2, 0.25) is 5.28 Å². The van der Waals surface area contributed by atoms with E-state index in [1.54, 1.807) is 60.7 Å². The number of benzene rings is 3. The van der Waals surface area contributed by atoms with Gasteiger partial charge < -0.3 is 39.2 Å². The second-order valence-electron chi connectivity index (χ2n) is 13.1. The number of phosphoric ester groups is 1. The molecule has 1 saturated heterocycles. The van der Waals surface area contributed by atoms with Crippen LogP contribution in [0.1, 0.15) is 38.1 Å². The zero-order valence-electron chi connectivity index (χ0n) is 31.1. The van der Waals surface area contributed by atoms with Gasteiger partial charge in [0.25, 0.3) is 7.82 Å². The van der Waals surface area contributed by atoms with Crippen LogP contribution in [-0.4, -0.2) is 86.2 Å². The van der Waals surface area contributed by atoms with Crippen LogP contribution in [0.3, 0.4) is 0 Å². The molecule has 7 atom stereocenters. The van der Waals surface area contributed by atoms with Crippen LogP contribution in [0.5, 0.6) is 5.75 Å². The number of carbonyl (C=O) groups excluding carboxylic acids is 1. The van der Waals surface area contributed by atoms with Crippen LogP contribution < -0.4 is 20.2 Å². The third-order valence-electron chi connectivity index (χ3n) is 9.29. The minimum atomic E-state index is -5.70. The zero-order valence-corrected chi connectivity index (χ0v) is 33.7. The Kier molecular flexibility index (Phi) is 13.6. The molecule has 1 aliphatic heterocycles. The largest absolute Gasteiger partial charge is 0.756 e. The lowest BCUT2D eigenvalue weighted by atomic mass is 10.0. The maximum Gasteiger partial charge on any atom is 0.465 e. The van der Waals surface area contributed by atoms with E-state index in [9.17, 15) is 23.9 Å². The van der Waals surface area contributed by atoms with Gasteiger partial charge in [-0.3, -0.25) is 13.9 Å². The van der Waals surface area contributed by atoms with E-state index in [1.807, 2.05) is 19.9 Å². The number of nitrogens with zero attached hydrogens (tertiary/aromatic N) is 5. The van der Waals surface area contributed by atoms with Crippen molar-refractivity contribution in [1.29, 1.82) is 0 Å². The normalized spacial score (nSPS) is 21.1. The molecule has 57 heavy (non-hydrogen) atoms. The van der Waals surface area contributed by atoms with Gasteiger partial charge in [-0.05, 0) is 54.5 Å². The Morgan fingerprint density at radius 1 is 1.12 bits per heavy atom. The Bertz CT molecular complexity index is 2290. The number of hydrogen-bond acceptors (Lipinski definition) is 15. The van der Waals surface area contributed by atoms with Gasteiger partial charge >= 0.3 is 13.7 Å². The molecule has 0 bridgehead atoms. The molecular formula is C36H42ClFN7O10P2-. The average Bonchev–Trinajstić information content (AvgIpc) is 3.73. The van der Waals surface area contributed by atoms with Crippen LogP contribution in [0, 0.1) is 0 Å². The van der Waals surface area contributed by atoms with Crippen molar-refractivity contribution in [1.82, 2.24) is 29.5 Å². The molecule has 306 valence electrons. The molecule has 6 rings (SSSR count). The first-order valence-electron chi connectivity index (χ1n) is 18.0. The Morgan fingerprint density at radius 2 is 1.84 bits per heavy atom. The number of aliphatic hydroxyl groups is 1. The summed E-state index contributed by atoms with van der Waals surface area (Å²) in [5.74, 6) is -0.924. The highest BCUT2D eigenvalue weighted by atomic mass is 35.5. The van der Waals surface area contributed by atoms with Gasteiger partial charge in [-0.2, -0.15) is 15.1 Å². The Labute approximate surface area is 332 Å². The number of imidazole rings is 1. The lowest BCUT2D eigenvalue weighted by Crippen LogP contribution is -2.35. The van der Waals surface area contributed by atoms with Crippen molar-refractivity contribution >= 4 is 60.9 Å². The van der Waals surface area contributed by atoms with Gasteiger partial charge in [0.15, 0.2) is 23.9 Å². The predicted octanol–water partition coefficient (Wildman–Crippen LogP) is 5.11. The molecule has 3 heterocycles. The van der Waals surface area contributed by atoms with Crippen molar-refractivity contribution in [2.45, 2.75) is 64.4 Å². The van der Waals surface area contributed by atoms with E-state index < -0.39 is 58.8 Å². The van der Waals surface area contributed by atoms with Gasteiger partial charge in [-0.1, -0.05) is 80.6 Å². The molecule has 2 aromatic heterocycles. The number of nitrogens with one attached hydrogen (secondary N) is 1. The lowest BCUT2D eigenvalue weighted by Gasteiger charge is -2.30. The molecule has 0 aliphatic carbocycles. The molecule has 1 aliphatic rings. The third-order valence-corrected chi connectivity index (χ3v) is 12.7. The highest BCUT2D eigenvalue weighted by Crippen LogP contribution is 2.59. The number of phosphoric acid groups is 1. The number of halogens is 2. The van der Waals surface area contributed by atoms with Crippen LogP contribution >= 0.6 is 27.2 Å². The van der Waals surface area contributed by atoms with E-state index in [-0.39, 0.29) is 34.6 Å². The van der Waals surface area contributed by atoms with Crippen LogP contribution in [0.4, 0.5) is 10.2 Å². The SMILES string of the molecule is CCN(CC)CCc1ccc2ccccc2c1OP(=O)(N[C@@H](C)C(=O)OCc1ccccc1)OP(=O)([O-])OC[C@H]1O[C@@H](n2cnc3c(N)nc(Cl)nc32)C(F)C1O. The highest BCUT2D eigenvalue weighted by Gasteiger charge is 2.47. The number of hydrogen-bond donors (Lipinski definition) is 3.